The number of para-hydroxylation sites is 1. The zero-order valence-electron chi connectivity index (χ0n) is 11.3. The number of rotatable bonds is 9. The fourth-order valence-corrected chi connectivity index (χ4v) is 1.69. The third-order valence-electron chi connectivity index (χ3n) is 2.59. The minimum Gasteiger partial charge on any atom is -0.478 e. The average Bonchev–Trinajstić information content (AvgIpc) is 2.42. The van der Waals surface area contributed by atoms with Crippen molar-refractivity contribution >= 4 is 17.3 Å². The molecule has 0 saturated carbocycles. The van der Waals surface area contributed by atoms with E-state index < -0.39 is 10.9 Å². The molecule has 20 heavy (non-hydrogen) atoms. The second-order valence-electron chi connectivity index (χ2n) is 4.15. The molecule has 0 atom stereocenters. The number of carbonyl (C=O) groups is 1. The Morgan fingerprint density at radius 3 is 2.80 bits per heavy atom. The van der Waals surface area contributed by atoms with Gasteiger partial charge in [0.15, 0.2) is 0 Å². The first-order valence-electron chi connectivity index (χ1n) is 6.40. The minimum absolute atomic E-state index is 0.0421. The normalized spacial score (nSPS) is 10.2. The molecular formula is C13H18N2O5. The van der Waals surface area contributed by atoms with E-state index in [0.717, 1.165) is 6.42 Å². The van der Waals surface area contributed by atoms with Gasteiger partial charge >= 0.3 is 5.97 Å². The highest BCUT2D eigenvalue weighted by molar-refractivity contribution is 5.96. The number of hydrogen-bond acceptors (Lipinski definition) is 5. The lowest BCUT2D eigenvalue weighted by Crippen LogP contribution is -2.11. The van der Waals surface area contributed by atoms with E-state index in [1.807, 2.05) is 6.92 Å². The number of carboxylic acid groups (broad SMARTS) is 1. The number of aromatic carboxylic acids is 1. The Morgan fingerprint density at radius 2 is 2.20 bits per heavy atom. The summed E-state index contributed by atoms with van der Waals surface area (Å²) < 4.78 is 5.29. The van der Waals surface area contributed by atoms with E-state index in [9.17, 15) is 14.9 Å². The average molecular weight is 282 g/mol. The lowest BCUT2D eigenvalue weighted by molar-refractivity contribution is -0.384. The van der Waals surface area contributed by atoms with Gasteiger partial charge in [-0.1, -0.05) is 13.0 Å². The molecule has 0 spiro atoms. The first-order chi connectivity index (χ1) is 9.57. The fraction of sp³-hybridized carbons (Fsp3) is 0.462. The van der Waals surface area contributed by atoms with E-state index >= 15 is 0 Å². The maximum absolute atomic E-state index is 11.1. The Labute approximate surface area is 116 Å². The second-order valence-corrected chi connectivity index (χ2v) is 4.15. The van der Waals surface area contributed by atoms with Gasteiger partial charge in [0, 0.05) is 25.8 Å². The quantitative estimate of drug-likeness (QED) is 0.410. The van der Waals surface area contributed by atoms with Crippen LogP contribution in [0.25, 0.3) is 0 Å². The van der Waals surface area contributed by atoms with Crippen molar-refractivity contribution < 1.29 is 19.6 Å². The number of nitrogens with one attached hydrogen (secondary N) is 1. The van der Waals surface area contributed by atoms with Crippen LogP contribution >= 0.6 is 0 Å². The number of ether oxygens (including phenoxy) is 1. The summed E-state index contributed by atoms with van der Waals surface area (Å²) in [7, 11) is 0. The van der Waals surface area contributed by atoms with Crippen LogP contribution in [-0.4, -0.2) is 35.8 Å². The van der Waals surface area contributed by atoms with E-state index in [1.165, 1.54) is 18.2 Å². The van der Waals surface area contributed by atoms with Crippen LogP contribution in [0.15, 0.2) is 18.2 Å². The van der Waals surface area contributed by atoms with Crippen LogP contribution in [0, 0.1) is 10.1 Å². The third-order valence-corrected chi connectivity index (χ3v) is 2.59. The molecule has 0 bridgehead atoms. The Kier molecular flexibility index (Phi) is 6.45. The van der Waals surface area contributed by atoms with Crippen LogP contribution in [0.1, 0.15) is 30.1 Å². The van der Waals surface area contributed by atoms with Gasteiger partial charge in [-0.3, -0.25) is 10.1 Å². The number of anilines is 1. The third kappa shape index (κ3) is 4.51. The molecule has 0 heterocycles. The van der Waals surface area contributed by atoms with Gasteiger partial charge in [0.1, 0.15) is 5.69 Å². The number of nitro groups is 1. The summed E-state index contributed by atoms with van der Waals surface area (Å²) in [5.74, 6) is -1.20. The van der Waals surface area contributed by atoms with Gasteiger partial charge in [0.05, 0.1) is 10.5 Å². The van der Waals surface area contributed by atoms with Crippen molar-refractivity contribution in [1.29, 1.82) is 0 Å². The molecule has 2 N–H and O–H groups in total. The predicted molar refractivity (Wildman–Crippen MR) is 74.3 cm³/mol. The van der Waals surface area contributed by atoms with Crippen molar-refractivity contribution in [3.05, 3.63) is 33.9 Å². The van der Waals surface area contributed by atoms with Crippen molar-refractivity contribution in [2.24, 2.45) is 0 Å². The van der Waals surface area contributed by atoms with Crippen molar-refractivity contribution in [2.45, 2.75) is 19.8 Å². The summed E-state index contributed by atoms with van der Waals surface area (Å²) in [5, 5.41) is 22.8. The maximum atomic E-state index is 11.1. The highest BCUT2D eigenvalue weighted by Gasteiger charge is 2.20. The fourth-order valence-electron chi connectivity index (χ4n) is 1.69. The van der Waals surface area contributed by atoms with Gasteiger partial charge in [-0.05, 0) is 18.9 Å². The molecule has 0 aliphatic carbocycles. The van der Waals surface area contributed by atoms with Crippen LogP contribution < -0.4 is 5.32 Å². The predicted octanol–water partition coefficient (Wildman–Crippen LogP) is 2.52. The van der Waals surface area contributed by atoms with Gasteiger partial charge in [-0.2, -0.15) is 0 Å². The summed E-state index contributed by atoms with van der Waals surface area (Å²) >= 11 is 0. The second kappa shape index (κ2) is 8.11. The topological polar surface area (TPSA) is 102 Å². The molecule has 0 unspecified atom stereocenters. The SMILES string of the molecule is CCCOCCCNc1c(C(=O)O)cccc1[N+](=O)[O-]. The maximum Gasteiger partial charge on any atom is 0.338 e. The monoisotopic (exact) mass is 282 g/mol. The molecule has 0 fully saturated rings. The molecule has 7 heteroatoms. The largest absolute Gasteiger partial charge is 0.478 e. The zero-order valence-corrected chi connectivity index (χ0v) is 11.3. The van der Waals surface area contributed by atoms with Gasteiger partial charge in [-0.15, -0.1) is 0 Å². The number of carboxylic acids is 1. The Bertz CT molecular complexity index is 444. The summed E-state index contributed by atoms with van der Waals surface area (Å²) in [6.45, 7) is 3.62. The molecule has 0 saturated heterocycles. The number of hydrogen-bond donors (Lipinski definition) is 2. The smallest absolute Gasteiger partial charge is 0.338 e. The van der Waals surface area contributed by atoms with Gasteiger partial charge < -0.3 is 15.2 Å². The van der Waals surface area contributed by atoms with Gasteiger partial charge in [0.2, 0.25) is 0 Å². The minimum atomic E-state index is -1.20. The molecule has 110 valence electrons. The zero-order chi connectivity index (χ0) is 15.0. The molecule has 0 aliphatic heterocycles. The van der Waals surface area contributed by atoms with E-state index in [0.29, 0.717) is 26.2 Å². The number of nitrogens with zero attached hydrogens (tertiary/aromatic N) is 1. The lowest BCUT2D eigenvalue weighted by Gasteiger charge is -2.10. The van der Waals surface area contributed by atoms with E-state index in [1.54, 1.807) is 0 Å². The number of benzene rings is 1. The molecule has 0 radical (unpaired) electrons. The summed E-state index contributed by atoms with van der Waals surface area (Å²) in [4.78, 5) is 21.4. The molecule has 0 amide bonds. The highest BCUT2D eigenvalue weighted by atomic mass is 16.6. The Balaban J connectivity index is 2.71. The van der Waals surface area contributed by atoms with Gasteiger partial charge in [0.25, 0.3) is 5.69 Å². The molecule has 1 aromatic rings. The van der Waals surface area contributed by atoms with Crippen molar-refractivity contribution in [3.8, 4) is 0 Å². The van der Waals surface area contributed by atoms with Gasteiger partial charge in [-0.25, -0.2) is 4.79 Å². The van der Waals surface area contributed by atoms with Crippen LogP contribution in [0.5, 0.6) is 0 Å². The van der Waals surface area contributed by atoms with Crippen molar-refractivity contribution in [1.82, 2.24) is 0 Å². The van der Waals surface area contributed by atoms with Crippen LogP contribution in [-0.2, 0) is 4.74 Å². The molecular weight excluding hydrogens is 264 g/mol. The summed E-state index contributed by atoms with van der Waals surface area (Å²) in [5.41, 5.74) is -0.298. The highest BCUT2D eigenvalue weighted by Crippen LogP contribution is 2.28. The van der Waals surface area contributed by atoms with Crippen molar-refractivity contribution in [2.75, 3.05) is 25.1 Å². The molecule has 1 aromatic carbocycles. The van der Waals surface area contributed by atoms with Crippen LogP contribution in [0.4, 0.5) is 11.4 Å². The molecule has 7 nitrogen and oxygen atoms in total. The molecule has 0 aromatic heterocycles. The first-order valence-corrected chi connectivity index (χ1v) is 6.40. The van der Waals surface area contributed by atoms with Crippen molar-refractivity contribution in [3.63, 3.8) is 0 Å². The summed E-state index contributed by atoms with van der Waals surface area (Å²) in [6, 6.07) is 3.98. The van der Waals surface area contributed by atoms with Crippen LogP contribution in [0.2, 0.25) is 0 Å². The van der Waals surface area contributed by atoms with E-state index in [-0.39, 0.29) is 16.9 Å². The lowest BCUT2D eigenvalue weighted by atomic mass is 10.1. The molecule has 1 rings (SSSR count). The number of nitro benzene ring substituents is 1. The Hall–Kier alpha value is -2.15. The first kappa shape index (κ1) is 15.9. The summed E-state index contributed by atoms with van der Waals surface area (Å²) in [6.07, 6.45) is 1.58. The van der Waals surface area contributed by atoms with E-state index in [4.69, 9.17) is 9.84 Å². The van der Waals surface area contributed by atoms with Crippen LogP contribution in [0.3, 0.4) is 0 Å². The standard InChI is InChI=1S/C13H18N2O5/c1-2-8-20-9-4-7-14-12-10(13(16)17)5-3-6-11(12)15(18)19/h3,5-6,14H,2,4,7-9H2,1H3,(H,16,17). The van der Waals surface area contributed by atoms with E-state index in [2.05, 4.69) is 5.32 Å². The Morgan fingerprint density at radius 1 is 1.45 bits per heavy atom. The molecule has 0 aliphatic rings.